The molecule has 0 aromatic heterocycles. The molecule has 0 unspecified atom stereocenters. The summed E-state index contributed by atoms with van der Waals surface area (Å²) in [6.07, 6.45) is 0.823. The largest absolute Gasteiger partial charge is 0.488 e. The molecule has 0 bridgehead atoms. The van der Waals surface area contributed by atoms with E-state index in [2.05, 4.69) is 15.9 Å². The number of benzene rings is 2. The quantitative estimate of drug-likeness (QED) is 0.793. The van der Waals surface area contributed by atoms with Crippen LogP contribution in [0.15, 0.2) is 46.9 Å². The molecule has 0 atom stereocenters. The maximum Gasteiger partial charge on any atom is 0.153 e. The number of hydrogen-bond acceptors (Lipinski definition) is 2. The Balaban J connectivity index is 2.10. The fourth-order valence-electron chi connectivity index (χ4n) is 1.63. The molecule has 0 heterocycles. The van der Waals surface area contributed by atoms with Crippen molar-refractivity contribution in [3.05, 3.63) is 63.6 Å². The van der Waals surface area contributed by atoms with Crippen LogP contribution in [0.25, 0.3) is 0 Å². The first kappa shape index (κ1) is 12.8. The van der Waals surface area contributed by atoms with Gasteiger partial charge in [0.05, 0.1) is 5.56 Å². The monoisotopic (exact) mass is 304 g/mol. The number of rotatable bonds is 4. The van der Waals surface area contributed by atoms with Gasteiger partial charge in [-0.3, -0.25) is 4.79 Å². The SMILES string of the molecule is Cc1ccc(OCc2ccc(Br)cc2)c(C=O)c1. The Labute approximate surface area is 115 Å². The van der Waals surface area contributed by atoms with E-state index >= 15 is 0 Å². The Morgan fingerprint density at radius 1 is 1.17 bits per heavy atom. The first-order valence-corrected chi connectivity index (χ1v) is 6.41. The van der Waals surface area contributed by atoms with Gasteiger partial charge in [-0.25, -0.2) is 0 Å². The van der Waals surface area contributed by atoms with Crippen LogP contribution in [-0.4, -0.2) is 6.29 Å². The minimum Gasteiger partial charge on any atom is -0.488 e. The summed E-state index contributed by atoms with van der Waals surface area (Å²) in [5.41, 5.74) is 2.70. The van der Waals surface area contributed by atoms with E-state index in [0.29, 0.717) is 17.9 Å². The second-order valence-electron chi connectivity index (χ2n) is 4.07. The van der Waals surface area contributed by atoms with Crippen LogP contribution in [0, 0.1) is 6.92 Å². The lowest BCUT2D eigenvalue weighted by Gasteiger charge is -2.09. The Hall–Kier alpha value is -1.61. The maximum absolute atomic E-state index is 10.9. The topological polar surface area (TPSA) is 26.3 Å². The van der Waals surface area contributed by atoms with Gasteiger partial charge >= 0.3 is 0 Å². The molecular formula is C15H13BrO2. The minimum atomic E-state index is 0.456. The second kappa shape index (κ2) is 5.83. The van der Waals surface area contributed by atoms with Crippen molar-refractivity contribution in [3.8, 4) is 5.75 Å². The van der Waals surface area contributed by atoms with E-state index in [0.717, 1.165) is 21.9 Å². The Kier molecular flexibility index (Phi) is 4.15. The van der Waals surface area contributed by atoms with Crippen molar-refractivity contribution in [2.75, 3.05) is 0 Å². The van der Waals surface area contributed by atoms with Gasteiger partial charge in [-0.1, -0.05) is 39.7 Å². The zero-order chi connectivity index (χ0) is 13.0. The molecular weight excluding hydrogens is 292 g/mol. The number of ether oxygens (including phenoxy) is 1. The van der Waals surface area contributed by atoms with E-state index in [-0.39, 0.29) is 0 Å². The molecule has 2 aromatic carbocycles. The van der Waals surface area contributed by atoms with Crippen LogP contribution in [0.5, 0.6) is 5.75 Å². The highest BCUT2D eigenvalue weighted by Gasteiger charge is 2.03. The molecule has 0 N–H and O–H groups in total. The third-order valence-electron chi connectivity index (χ3n) is 2.60. The van der Waals surface area contributed by atoms with Crippen molar-refractivity contribution in [3.63, 3.8) is 0 Å². The average Bonchev–Trinajstić information content (AvgIpc) is 2.39. The van der Waals surface area contributed by atoms with E-state index < -0.39 is 0 Å². The van der Waals surface area contributed by atoms with E-state index in [1.165, 1.54) is 0 Å². The molecule has 0 aliphatic carbocycles. The van der Waals surface area contributed by atoms with Crippen molar-refractivity contribution in [1.29, 1.82) is 0 Å². The lowest BCUT2D eigenvalue weighted by Crippen LogP contribution is -1.98. The molecule has 0 aliphatic heterocycles. The lowest BCUT2D eigenvalue weighted by atomic mass is 10.1. The highest BCUT2D eigenvalue weighted by molar-refractivity contribution is 9.10. The van der Waals surface area contributed by atoms with Gasteiger partial charge in [0.2, 0.25) is 0 Å². The van der Waals surface area contributed by atoms with Gasteiger partial charge in [0.25, 0.3) is 0 Å². The first-order valence-electron chi connectivity index (χ1n) is 5.62. The number of aryl methyl sites for hydroxylation is 1. The van der Waals surface area contributed by atoms with E-state index in [9.17, 15) is 4.79 Å². The van der Waals surface area contributed by atoms with Crippen LogP contribution >= 0.6 is 15.9 Å². The second-order valence-corrected chi connectivity index (χ2v) is 4.99. The molecule has 0 spiro atoms. The molecule has 0 saturated heterocycles. The predicted octanol–water partition coefficient (Wildman–Crippen LogP) is 4.15. The van der Waals surface area contributed by atoms with Gasteiger partial charge in [0, 0.05) is 4.47 Å². The van der Waals surface area contributed by atoms with Crippen LogP contribution in [0.3, 0.4) is 0 Å². The molecule has 3 heteroatoms. The maximum atomic E-state index is 10.9. The van der Waals surface area contributed by atoms with Crippen LogP contribution < -0.4 is 4.74 Å². The number of hydrogen-bond donors (Lipinski definition) is 0. The van der Waals surface area contributed by atoms with E-state index in [1.54, 1.807) is 0 Å². The molecule has 2 rings (SSSR count). The third-order valence-corrected chi connectivity index (χ3v) is 3.13. The standard InChI is InChI=1S/C15H13BrO2/c1-11-2-7-15(13(8-11)9-17)18-10-12-3-5-14(16)6-4-12/h2-9H,10H2,1H3. The van der Waals surface area contributed by atoms with Gasteiger partial charge in [-0.2, -0.15) is 0 Å². The summed E-state index contributed by atoms with van der Waals surface area (Å²) in [5, 5.41) is 0. The molecule has 2 nitrogen and oxygen atoms in total. The highest BCUT2D eigenvalue weighted by Crippen LogP contribution is 2.20. The van der Waals surface area contributed by atoms with Crippen molar-refractivity contribution >= 4 is 22.2 Å². The number of carbonyl (C=O) groups is 1. The van der Waals surface area contributed by atoms with Gasteiger partial charge < -0.3 is 4.74 Å². The van der Waals surface area contributed by atoms with Crippen molar-refractivity contribution in [1.82, 2.24) is 0 Å². The van der Waals surface area contributed by atoms with E-state index in [4.69, 9.17) is 4.74 Å². The lowest BCUT2D eigenvalue weighted by molar-refractivity contribution is 0.111. The molecule has 18 heavy (non-hydrogen) atoms. The number of aldehydes is 1. The van der Waals surface area contributed by atoms with Crippen LogP contribution in [-0.2, 0) is 6.61 Å². The zero-order valence-corrected chi connectivity index (χ0v) is 11.6. The van der Waals surface area contributed by atoms with Gasteiger partial charge in [0.15, 0.2) is 6.29 Å². The molecule has 92 valence electrons. The van der Waals surface area contributed by atoms with Crippen molar-refractivity contribution in [2.24, 2.45) is 0 Å². The van der Waals surface area contributed by atoms with Crippen LogP contribution in [0.2, 0.25) is 0 Å². The fourth-order valence-corrected chi connectivity index (χ4v) is 1.90. The highest BCUT2D eigenvalue weighted by atomic mass is 79.9. The number of halogens is 1. The number of carbonyl (C=O) groups excluding carboxylic acids is 1. The molecule has 0 saturated carbocycles. The first-order chi connectivity index (χ1) is 8.69. The molecule has 0 amide bonds. The summed E-state index contributed by atoms with van der Waals surface area (Å²) in [6.45, 7) is 2.41. The summed E-state index contributed by atoms with van der Waals surface area (Å²) in [7, 11) is 0. The molecule has 0 aliphatic rings. The summed E-state index contributed by atoms with van der Waals surface area (Å²) in [5.74, 6) is 0.624. The Morgan fingerprint density at radius 2 is 1.89 bits per heavy atom. The smallest absolute Gasteiger partial charge is 0.153 e. The Morgan fingerprint density at radius 3 is 2.56 bits per heavy atom. The average molecular weight is 305 g/mol. The Bertz CT molecular complexity index is 547. The third kappa shape index (κ3) is 3.20. The zero-order valence-electron chi connectivity index (χ0n) is 10.0. The summed E-state index contributed by atoms with van der Waals surface area (Å²) < 4.78 is 6.70. The van der Waals surface area contributed by atoms with Crippen LogP contribution in [0.1, 0.15) is 21.5 Å². The van der Waals surface area contributed by atoms with E-state index in [1.807, 2.05) is 49.4 Å². The van der Waals surface area contributed by atoms with Crippen molar-refractivity contribution < 1.29 is 9.53 Å². The summed E-state index contributed by atoms with van der Waals surface area (Å²) >= 11 is 3.39. The summed E-state index contributed by atoms with van der Waals surface area (Å²) in [6, 6.07) is 13.5. The van der Waals surface area contributed by atoms with Gasteiger partial charge in [-0.05, 0) is 36.8 Å². The molecule has 0 radical (unpaired) electrons. The fraction of sp³-hybridized carbons (Fsp3) is 0.133. The van der Waals surface area contributed by atoms with Crippen LogP contribution in [0.4, 0.5) is 0 Å². The van der Waals surface area contributed by atoms with Crippen molar-refractivity contribution in [2.45, 2.75) is 13.5 Å². The molecule has 2 aromatic rings. The predicted molar refractivity (Wildman–Crippen MR) is 75.0 cm³/mol. The van der Waals surface area contributed by atoms with Gasteiger partial charge in [-0.15, -0.1) is 0 Å². The minimum absolute atomic E-state index is 0.456. The normalized spacial score (nSPS) is 10.1. The summed E-state index contributed by atoms with van der Waals surface area (Å²) in [4.78, 5) is 10.9. The van der Waals surface area contributed by atoms with Gasteiger partial charge in [0.1, 0.15) is 12.4 Å². The molecule has 0 fully saturated rings.